The molecule has 1 N–H and O–H groups in total. The fourth-order valence-electron chi connectivity index (χ4n) is 2.24. The Morgan fingerprint density at radius 2 is 1.96 bits per heavy atom. The first-order valence-corrected chi connectivity index (χ1v) is 8.09. The lowest BCUT2D eigenvalue weighted by atomic mass is 10.1. The van der Waals surface area contributed by atoms with Crippen LogP contribution in [0.2, 0.25) is 0 Å². The van der Waals surface area contributed by atoms with Gasteiger partial charge in [0.15, 0.2) is 5.76 Å². The van der Waals surface area contributed by atoms with E-state index in [0.717, 1.165) is 16.3 Å². The zero-order chi connectivity index (χ0) is 16.4. The van der Waals surface area contributed by atoms with Gasteiger partial charge in [-0.05, 0) is 20.8 Å². The van der Waals surface area contributed by atoms with Crippen LogP contribution in [0.1, 0.15) is 31.6 Å². The number of carbonyl (C=O) groups is 1. The number of hydrogen-bond acceptors (Lipinski definition) is 5. The Hall–Kier alpha value is -2.47. The number of amides is 1. The maximum Gasteiger partial charge on any atom is 0.263 e. The van der Waals surface area contributed by atoms with Gasteiger partial charge in [0, 0.05) is 11.6 Å². The highest BCUT2D eigenvalue weighted by Crippen LogP contribution is 2.21. The van der Waals surface area contributed by atoms with Gasteiger partial charge < -0.3 is 9.84 Å². The minimum Gasteiger partial charge on any atom is -0.356 e. The van der Waals surface area contributed by atoms with Crippen LogP contribution in [0.15, 0.2) is 34.9 Å². The fraction of sp³-hybridized carbons (Fsp3) is 0.235. The predicted octanol–water partition coefficient (Wildman–Crippen LogP) is 3.65. The van der Waals surface area contributed by atoms with E-state index in [1.165, 1.54) is 16.9 Å². The van der Waals surface area contributed by atoms with Crippen molar-refractivity contribution in [3.05, 3.63) is 57.2 Å². The molecule has 0 fully saturated rings. The molecule has 5 nitrogen and oxygen atoms in total. The van der Waals surface area contributed by atoms with Gasteiger partial charge in [0.25, 0.3) is 5.91 Å². The molecule has 3 aromatic rings. The third-order valence-corrected chi connectivity index (χ3v) is 4.51. The molecule has 0 aliphatic carbocycles. The zero-order valence-corrected chi connectivity index (χ0v) is 14.0. The summed E-state index contributed by atoms with van der Waals surface area (Å²) in [5, 5.41) is 7.74. The van der Waals surface area contributed by atoms with Crippen molar-refractivity contribution in [2.45, 2.75) is 27.3 Å². The van der Waals surface area contributed by atoms with Crippen LogP contribution in [0.3, 0.4) is 0 Å². The van der Waals surface area contributed by atoms with Crippen molar-refractivity contribution >= 4 is 17.2 Å². The quantitative estimate of drug-likeness (QED) is 0.794. The monoisotopic (exact) mass is 327 g/mol. The summed E-state index contributed by atoms with van der Waals surface area (Å²) in [6.45, 7) is 6.09. The first-order chi connectivity index (χ1) is 11.0. The molecule has 0 saturated carbocycles. The lowest BCUT2D eigenvalue weighted by Gasteiger charge is -2.00. The van der Waals surface area contributed by atoms with Crippen molar-refractivity contribution in [2.75, 3.05) is 0 Å². The molecule has 0 aliphatic heterocycles. The van der Waals surface area contributed by atoms with Gasteiger partial charge in [0.05, 0.1) is 17.2 Å². The topological polar surface area (TPSA) is 68.0 Å². The molecular formula is C17H17N3O2S. The average molecular weight is 327 g/mol. The molecule has 2 heterocycles. The first kappa shape index (κ1) is 15.4. The number of carbonyl (C=O) groups excluding carboxylic acids is 1. The molecule has 0 bridgehead atoms. The van der Waals surface area contributed by atoms with Crippen LogP contribution in [0, 0.1) is 20.8 Å². The summed E-state index contributed by atoms with van der Waals surface area (Å²) < 4.78 is 5.35. The Labute approximate surface area is 138 Å². The summed E-state index contributed by atoms with van der Waals surface area (Å²) in [5.74, 6) is 0.562. The Kier molecular flexibility index (Phi) is 4.25. The number of benzene rings is 1. The van der Waals surface area contributed by atoms with E-state index in [9.17, 15) is 4.79 Å². The summed E-state index contributed by atoms with van der Waals surface area (Å²) in [6, 6.07) is 9.86. The molecular weight excluding hydrogens is 310 g/mol. The number of aromatic nitrogens is 2. The van der Waals surface area contributed by atoms with Gasteiger partial charge >= 0.3 is 0 Å². The molecule has 0 spiro atoms. The van der Waals surface area contributed by atoms with Gasteiger partial charge in [-0.3, -0.25) is 4.79 Å². The molecule has 0 unspecified atom stereocenters. The van der Waals surface area contributed by atoms with E-state index in [-0.39, 0.29) is 5.91 Å². The number of nitrogens with zero attached hydrogens (tertiary/aromatic N) is 2. The highest BCUT2D eigenvalue weighted by molar-refractivity contribution is 7.13. The third kappa shape index (κ3) is 3.48. The largest absolute Gasteiger partial charge is 0.356 e. The maximum absolute atomic E-state index is 12.2. The normalized spacial score (nSPS) is 10.7. The van der Waals surface area contributed by atoms with E-state index in [4.69, 9.17) is 4.52 Å². The Morgan fingerprint density at radius 3 is 2.61 bits per heavy atom. The molecule has 23 heavy (non-hydrogen) atoms. The van der Waals surface area contributed by atoms with Crippen molar-refractivity contribution in [2.24, 2.45) is 0 Å². The molecule has 3 rings (SSSR count). The van der Waals surface area contributed by atoms with Gasteiger partial charge in [-0.2, -0.15) is 0 Å². The van der Waals surface area contributed by atoms with Crippen LogP contribution in [-0.2, 0) is 6.54 Å². The lowest BCUT2D eigenvalue weighted by molar-refractivity contribution is 0.0953. The predicted molar refractivity (Wildman–Crippen MR) is 89.4 cm³/mol. The number of hydrogen-bond donors (Lipinski definition) is 1. The second-order valence-electron chi connectivity index (χ2n) is 5.38. The molecule has 1 aromatic carbocycles. The van der Waals surface area contributed by atoms with Crippen LogP contribution < -0.4 is 5.32 Å². The van der Waals surface area contributed by atoms with Crippen LogP contribution in [0.5, 0.6) is 0 Å². The second kappa shape index (κ2) is 6.34. The molecule has 0 atom stereocenters. The number of aryl methyl sites for hydroxylation is 3. The minimum atomic E-state index is -0.131. The summed E-state index contributed by atoms with van der Waals surface area (Å²) >= 11 is 1.39. The van der Waals surface area contributed by atoms with E-state index in [2.05, 4.69) is 15.5 Å². The van der Waals surface area contributed by atoms with Crippen molar-refractivity contribution in [3.63, 3.8) is 0 Å². The van der Waals surface area contributed by atoms with Gasteiger partial charge in [0.2, 0.25) is 0 Å². The smallest absolute Gasteiger partial charge is 0.263 e. The fourth-order valence-corrected chi connectivity index (χ4v) is 3.08. The van der Waals surface area contributed by atoms with E-state index in [0.29, 0.717) is 22.9 Å². The van der Waals surface area contributed by atoms with E-state index in [1.807, 2.05) is 51.1 Å². The number of rotatable bonds is 4. The van der Waals surface area contributed by atoms with Crippen LogP contribution in [0.4, 0.5) is 0 Å². The molecule has 2 aromatic heterocycles. The average Bonchev–Trinajstić information content (AvgIpc) is 3.12. The second-order valence-corrected chi connectivity index (χ2v) is 6.58. The van der Waals surface area contributed by atoms with Gasteiger partial charge in [-0.1, -0.05) is 35.0 Å². The van der Waals surface area contributed by atoms with Crippen molar-refractivity contribution in [3.8, 4) is 11.3 Å². The summed E-state index contributed by atoms with van der Waals surface area (Å²) in [6.07, 6.45) is 0. The highest BCUT2D eigenvalue weighted by atomic mass is 32.1. The molecule has 0 radical (unpaired) electrons. The summed E-state index contributed by atoms with van der Waals surface area (Å²) in [7, 11) is 0. The summed E-state index contributed by atoms with van der Waals surface area (Å²) in [4.78, 5) is 17.1. The van der Waals surface area contributed by atoms with Crippen LogP contribution >= 0.6 is 11.3 Å². The van der Waals surface area contributed by atoms with E-state index >= 15 is 0 Å². The zero-order valence-electron chi connectivity index (χ0n) is 13.2. The van der Waals surface area contributed by atoms with E-state index in [1.54, 1.807) is 0 Å². The number of thiazole rings is 1. The Bertz CT molecular complexity index is 834. The molecule has 1 amide bonds. The van der Waals surface area contributed by atoms with Crippen LogP contribution in [-0.4, -0.2) is 16.0 Å². The number of nitrogens with one attached hydrogen (secondary N) is 1. The molecule has 0 saturated heterocycles. The molecule has 118 valence electrons. The first-order valence-electron chi connectivity index (χ1n) is 7.28. The van der Waals surface area contributed by atoms with Crippen molar-refractivity contribution in [1.82, 2.24) is 15.5 Å². The van der Waals surface area contributed by atoms with Gasteiger partial charge in [-0.25, -0.2) is 4.98 Å². The van der Waals surface area contributed by atoms with Crippen molar-refractivity contribution < 1.29 is 9.32 Å². The molecule has 6 heteroatoms. The van der Waals surface area contributed by atoms with Crippen molar-refractivity contribution in [1.29, 1.82) is 0 Å². The van der Waals surface area contributed by atoms with E-state index < -0.39 is 0 Å². The van der Waals surface area contributed by atoms with Gasteiger partial charge in [-0.15, -0.1) is 11.3 Å². The Balaban J connectivity index is 1.66. The van der Waals surface area contributed by atoms with Crippen LogP contribution in [0.25, 0.3) is 11.3 Å². The lowest BCUT2D eigenvalue weighted by Crippen LogP contribution is -2.22. The highest BCUT2D eigenvalue weighted by Gasteiger charge is 2.14. The minimum absolute atomic E-state index is 0.131. The Morgan fingerprint density at radius 1 is 1.22 bits per heavy atom. The SMILES string of the molecule is Cc1ccc(-c2cc(CNC(=O)c3sc(C)nc3C)no2)cc1. The third-order valence-electron chi connectivity index (χ3n) is 3.43. The molecule has 0 aliphatic rings. The maximum atomic E-state index is 12.2. The summed E-state index contributed by atoms with van der Waals surface area (Å²) in [5.41, 5.74) is 3.60. The standard InChI is InChI=1S/C17H17N3O2S/c1-10-4-6-13(7-5-10)15-8-14(20-22-15)9-18-17(21)16-11(2)19-12(3)23-16/h4-8H,9H2,1-3H3,(H,18,21). The van der Waals surface area contributed by atoms with Gasteiger partial charge in [0.1, 0.15) is 10.6 Å².